The van der Waals surface area contributed by atoms with Crippen molar-refractivity contribution in [2.45, 2.75) is 25.8 Å². The molecule has 0 aliphatic carbocycles. The Morgan fingerprint density at radius 1 is 1.18 bits per heavy atom. The first kappa shape index (κ1) is 11.8. The molecule has 0 aliphatic heterocycles. The van der Waals surface area contributed by atoms with Crippen LogP contribution in [0.25, 0.3) is 0 Å². The van der Waals surface area contributed by atoms with Crippen molar-refractivity contribution in [2.75, 3.05) is 0 Å². The van der Waals surface area contributed by atoms with Crippen molar-refractivity contribution in [3.63, 3.8) is 0 Å². The van der Waals surface area contributed by atoms with Crippen molar-refractivity contribution < 1.29 is 0 Å². The summed E-state index contributed by atoms with van der Waals surface area (Å²) in [7, 11) is 0. The molecule has 0 radical (unpaired) electrons. The van der Waals surface area contributed by atoms with Crippen LogP contribution in [-0.4, -0.2) is 4.98 Å². The summed E-state index contributed by atoms with van der Waals surface area (Å²) >= 11 is 0. The van der Waals surface area contributed by atoms with Crippen LogP contribution in [0.3, 0.4) is 0 Å². The lowest BCUT2D eigenvalue weighted by Crippen LogP contribution is -2.12. The highest BCUT2D eigenvalue weighted by atomic mass is 14.6. The Kier molecular flexibility index (Phi) is 3.89. The van der Waals surface area contributed by atoms with Crippen molar-refractivity contribution in [3.05, 3.63) is 65.5 Å². The van der Waals surface area contributed by atoms with E-state index in [-0.39, 0.29) is 6.04 Å². The summed E-state index contributed by atoms with van der Waals surface area (Å²) in [5, 5.41) is 0. The molecule has 0 fully saturated rings. The van der Waals surface area contributed by atoms with Crippen molar-refractivity contribution in [1.29, 1.82) is 0 Å². The number of rotatable bonds is 4. The highest BCUT2D eigenvalue weighted by Gasteiger charge is 2.08. The van der Waals surface area contributed by atoms with Crippen LogP contribution in [0.2, 0.25) is 0 Å². The van der Waals surface area contributed by atoms with Gasteiger partial charge in [0.1, 0.15) is 0 Å². The molecular weight excluding hydrogens is 208 g/mol. The van der Waals surface area contributed by atoms with Gasteiger partial charge in [-0.05, 0) is 42.5 Å². The third-order valence-electron chi connectivity index (χ3n) is 3.05. The molecule has 1 unspecified atom stereocenters. The van der Waals surface area contributed by atoms with Gasteiger partial charge in [-0.3, -0.25) is 4.98 Å². The minimum Gasteiger partial charge on any atom is -0.324 e. The Morgan fingerprint density at radius 2 is 2.00 bits per heavy atom. The summed E-state index contributed by atoms with van der Waals surface area (Å²) in [5.74, 6) is 0. The van der Waals surface area contributed by atoms with Crippen LogP contribution in [0.5, 0.6) is 0 Å². The van der Waals surface area contributed by atoms with Crippen LogP contribution in [0, 0.1) is 6.92 Å². The van der Waals surface area contributed by atoms with Crippen molar-refractivity contribution in [2.24, 2.45) is 5.73 Å². The Bertz CT molecular complexity index is 465. The number of pyridine rings is 1. The monoisotopic (exact) mass is 226 g/mol. The van der Waals surface area contributed by atoms with Gasteiger partial charge >= 0.3 is 0 Å². The molecule has 0 aliphatic rings. The van der Waals surface area contributed by atoms with Gasteiger partial charge in [0.15, 0.2) is 0 Å². The second kappa shape index (κ2) is 5.60. The minimum atomic E-state index is 0.108. The second-order valence-electron chi connectivity index (χ2n) is 4.36. The van der Waals surface area contributed by atoms with Crippen LogP contribution in [0.4, 0.5) is 0 Å². The molecule has 1 aromatic heterocycles. The van der Waals surface area contributed by atoms with Crippen molar-refractivity contribution in [1.82, 2.24) is 4.98 Å². The Balaban J connectivity index is 1.99. The lowest BCUT2D eigenvalue weighted by atomic mass is 9.97. The minimum absolute atomic E-state index is 0.108. The van der Waals surface area contributed by atoms with Crippen LogP contribution in [0.1, 0.15) is 29.2 Å². The van der Waals surface area contributed by atoms with E-state index in [2.05, 4.69) is 30.1 Å². The Hall–Kier alpha value is -1.67. The molecule has 2 nitrogen and oxygen atoms in total. The maximum absolute atomic E-state index is 6.22. The molecule has 2 N–H and O–H groups in total. The van der Waals surface area contributed by atoms with Gasteiger partial charge in [-0.1, -0.05) is 30.3 Å². The summed E-state index contributed by atoms with van der Waals surface area (Å²) in [6.45, 7) is 2.11. The number of benzene rings is 1. The smallest absolute Gasteiger partial charge is 0.0300 e. The Labute approximate surface area is 103 Å². The van der Waals surface area contributed by atoms with Gasteiger partial charge in [0.2, 0.25) is 0 Å². The van der Waals surface area contributed by atoms with Crippen LogP contribution in [-0.2, 0) is 6.42 Å². The maximum atomic E-state index is 6.22. The quantitative estimate of drug-likeness (QED) is 0.870. The number of aromatic nitrogens is 1. The summed E-state index contributed by atoms with van der Waals surface area (Å²) < 4.78 is 0. The molecule has 0 amide bonds. The fraction of sp³-hybridized carbons (Fsp3) is 0.267. The predicted octanol–water partition coefficient (Wildman–Crippen LogP) is 3.02. The third kappa shape index (κ3) is 3.14. The molecule has 2 heteroatoms. The molecule has 17 heavy (non-hydrogen) atoms. The van der Waals surface area contributed by atoms with E-state index in [1.165, 1.54) is 16.7 Å². The van der Waals surface area contributed by atoms with E-state index in [0.29, 0.717) is 0 Å². The van der Waals surface area contributed by atoms with E-state index in [1.807, 2.05) is 24.4 Å². The standard InChI is InChI=1S/C15H18N2/c1-12-5-2-3-7-14(12)15(16)9-8-13-6-4-10-17-11-13/h2-7,10-11,15H,8-9,16H2,1H3. The van der Waals surface area contributed by atoms with Gasteiger partial charge in [-0.2, -0.15) is 0 Å². The van der Waals surface area contributed by atoms with Gasteiger partial charge in [-0.15, -0.1) is 0 Å². The topological polar surface area (TPSA) is 38.9 Å². The average molecular weight is 226 g/mol. The molecule has 1 heterocycles. The van der Waals surface area contributed by atoms with E-state index in [4.69, 9.17) is 5.73 Å². The number of nitrogens with two attached hydrogens (primary N) is 1. The predicted molar refractivity (Wildman–Crippen MR) is 70.7 cm³/mol. The third-order valence-corrected chi connectivity index (χ3v) is 3.05. The lowest BCUT2D eigenvalue weighted by molar-refractivity contribution is 0.647. The fourth-order valence-corrected chi connectivity index (χ4v) is 2.03. The molecular formula is C15H18N2. The first-order valence-electron chi connectivity index (χ1n) is 5.97. The summed E-state index contributed by atoms with van der Waals surface area (Å²) in [5.41, 5.74) is 9.99. The summed E-state index contributed by atoms with van der Waals surface area (Å²) in [6, 6.07) is 12.5. The highest BCUT2D eigenvalue weighted by Crippen LogP contribution is 2.19. The SMILES string of the molecule is Cc1ccccc1C(N)CCc1cccnc1. The van der Waals surface area contributed by atoms with E-state index in [9.17, 15) is 0 Å². The van der Waals surface area contributed by atoms with Gasteiger partial charge in [0, 0.05) is 18.4 Å². The molecule has 0 saturated carbocycles. The van der Waals surface area contributed by atoms with E-state index in [1.54, 1.807) is 6.20 Å². The molecule has 1 aromatic carbocycles. The summed E-state index contributed by atoms with van der Waals surface area (Å²) in [6.07, 6.45) is 5.63. The van der Waals surface area contributed by atoms with E-state index in [0.717, 1.165) is 12.8 Å². The van der Waals surface area contributed by atoms with Gasteiger partial charge in [0.25, 0.3) is 0 Å². The molecule has 2 rings (SSSR count). The first-order chi connectivity index (χ1) is 8.27. The number of nitrogens with zero attached hydrogens (tertiary/aromatic N) is 1. The molecule has 0 saturated heterocycles. The average Bonchev–Trinajstić information content (AvgIpc) is 2.38. The van der Waals surface area contributed by atoms with Crippen LogP contribution >= 0.6 is 0 Å². The van der Waals surface area contributed by atoms with E-state index < -0.39 is 0 Å². The second-order valence-corrected chi connectivity index (χ2v) is 4.36. The molecule has 88 valence electrons. The zero-order chi connectivity index (χ0) is 12.1. The van der Waals surface area contributed by atoms with Gasteiger partial charge in [0.05, 0.1) is 0 Å². The fourth-order valence-electron chi connectivity index (χ4n) is 2.03. The number of hydrogen-bond donors (Lipinski definition) is 1. The largest absolute Gasteiger partial charge is 0.324 e. The Morgan fingerprint density at radius 3 is 2.71 bits per heavy atom. The zero-order valence-electron chi connectivity index (χ0n) is 10.1. The first-order valence-corrected chi connectivity index (χ1v) is 5.97. The number of aryl methyl sites for hydroxylation is 2. The van der Waals surface area contributed by atoms with Crippen molar-refractivity contribution >= 4 is 0 Å². The summed E-state index contributed by atoms with van der Waals surface area (Å²) in [4.78, 5) is 4.11. The van der Waals surface area contributed by atoms with Gasteiger partial charge < -0.3 is 5.73 Å². The normalized spacial score (nSPS) is 12.4. The molecule has 0 spiro atoms. The molecule has 1 atom stereocenters. The lowest BCUT2D eigenvalue weighted by Gasteiger charge is -2.14. The van der Waals surface area contributed by atoms with Crippen LogP contribution in [0.15, 0.2) is 48.8 Å². The number of hydrogen-bond acceptors (Lipinski definition) is 2. The molecule has 0 bridgehead atoms. The zero-order valence-corrected chi connectivity index (χ0v) is 10.1. The maximum Gasteiger partial charge on any atom is 0.0300 e. The highest BCUT2D eigenvalue weighted by molar-refractivity contribution is 5.28. The van der Waals surface area contributed by atoms with Gasteiger partial charge in [-0.25, -0.2) is 0 Å². The van der Waals surface area contributed by atoms with E-state index >= 15 is 0 Å². The van der Waals surface area contributed by atoms with Crippen LogP contribution < -0.4 is 5.73 Å². The molecule has 2 aromatic rings. The van der Waals surface area contributed by atoms with Crippen molar-refractivity contribution in [3.8, 4) is 0 Å².